The van der Waals surface area contributed by atoms with Crippen molar-refractivity contribution in [2.45, 2.75) is 19.9 Å². The third kappa shape index (κ3) is 2.68. The molecule has 23 heavy (non-hydrogen) atoms. The van der Waals surface area contributed by atoms with Crippen LogP contribution in [0.3, 0.4) is 0 Å². The largest absolute Gasteiger partial charge is 0.365 e. The Balaban J connectivity index is 2.02. The van der Waals surface area contributed by atoms with Crippen molar-refractivity contribution >= 4 is 17.2 Å². The minimum absolute atomic E-state index is 0.207. The lowest BCUT2D eigenvalue weighted by atomic mass is 10.1. The summed E-state index contributed by atoms with van der Waals surface area (Å²) >= 11 is 1.08. The molecule has 2 heterocycles. The fourth-order valence-electron chi connectivity index (χ4n) is 2.30. The van der Waals surface area contributed by atoms with E-state index in [2.05, 4.69) is 10.1 Å². The highest BCUT2D eigenvalue weighted by Gasteiger charge is 2.18. The fraction of sp³-hybridized carbons (Fsp3) is 0.200. The van der Waals surface area contributed by atoms with Gasteiger partial charge in [-0.1, -0.05) is 41.7 Å². The van der Waals surface area contributed by atoms with Gasteiger partial charge in [0.25, 0.3) is 5.91 Å². The normalized spacial score (nSPS) is 12.3. The van der Waals surface area contributed by atoms with Gasteiger partial charge in [0.2, 0.25) is 0 Å². The monoisotopic (exact) mass is 329 g/mol. The number of carbonyl (C=O) groups excluding carboxylic acids is 1. The van der Waals surface area contributed by atoms with Crippen LogP contribution in [-0.4, -0.2) is 25.2 Å². The highest BCUT2D eigenvalue weighted by molar-refractivity contribution is 7.16. The standard InChI is InChI=1S/C15H15N5O2S/c1-9-12(13(16)21)23-14(18-9)19-8-17-20(15(19)22)10(2)11-6-4-3-5-7-11/h3-8,10H,1-2H3,(H2,16,21). The van der Waals surface area contributed by atoms with E-state index in [-0.39, 0.29) is 11.7 Å². The smallest absolute Gasteiger partial charge is 0.352 e. The van der Waals surface area contributed by atoms with E-state index >= 15 is 0 Å². The number of benzene rings is 1. The van der Waals surface area contributed by atoms with E-state index in [0.717, 1.165) is 16.9 Å². The Morgan fingerprint density at radius 1 is 1.30 bits per heavy atom. The average Bonchev–Trinajstić information content (AvgIpc) is 3.10. The second-order valence-electron chi connectivity index (χ2n) is 5.09. The second kappa shape index (κ2) is 5.81. The van der Waals surface area contributed by atoms with Crippen LogP contribution in [0.4, 0.5) is 0 Å². The van der Waals surface area contributed by atoms with Crippen LogP contribution in [0, 0.1) is 6.92 Å². The third-order valence-electron chi connectivity index (χ3n) is 3.56. The zero-order valence-corrected chi connectivity index (χ0v) is 13.4. The summed E-state index contributed by atoms with van der Waals surface area (Å²) in [4.78, 5) is 28.5. The molecule has 3 rings (SSSR count). The molecular formula is C15H15N5O2S. The van der Waals surface area contributed by atoms with Gasteiger partial charge in [-0.15, -0.1) is 0 Å². The first-order chi connectivity index (χ1) is 11.0. The maximum Gasteiger partial charge on any atom is 0.352 e. The molecule has 2 aromatic heterocycles. The molecule has 2 N–H and O–H groups in total. The number of aromatic nitrogens is 4. The van der Waals surface area contributed by atoms with Gasteiger partial charge in [0.1, 0.15) is 11.2 Å². The summed E-state index contributed by atoms with van der Waals surface area (Å²) in [5.74, 6) is -0.552. The molecule has 118 valence electrons. The summed E-state index contributed by atoms with van der Waals surface area (Å²) in [7, 11) is 0. The highest BCUT2D eigenvalue weighted by atomic mass is 32.1. The molecule has 8 heteroatoms. The van der Waals surface area contributed by atoms with Crippen molar-refractivity contribution in [3.8, 4) is 5.13 Å². The Morgan fingerprint density at radius 3 is 2.61 bits per heavy atom. The Labute approximate surface area is 136 Å². The van der Waals surface area contributed by atoms with Gasteiger partial charge in [-0.25, -0.2) is 19.0 Å². The summed E-state index contributed by atoms with van der Waals surface area (Å²) in [6.45, 7) is 3.58. The Hall–Kier alpha value is -2.74. The number of rotatable bonds is 4. The number of amides is 1. The van der Waals surface area contributed by atoms with Crippen molar-refractivity contribution < 1.29 is 4.79 Å². The van der Waals surface area contributed by atoms with E-state index in [4.69, 9.17) is 5.73 Å². The van der Waals surface area contributed by atoms with Crippen molar-refractivity contribution in [1.82, 2.24) is 19.3 Å². The summed E-state index contributed by atoms with van der Waals surface area (Å²) in [5.41, 5.74) is 6.47. The number of thiazole rings is 1. The highest BCUT2D eigenvalue weighted by Crippen LogP contribution is 2.20. The minimum atomic E-state index is -0.552. The van der Waals surface area contributed by atoms with Gasteiger partial charge >= 0.3 is 5.69 Å². The molecule has 3 aromatic rings. The van der Waals surface area contributed by atoms with Crippen molar-refractivity contribution in [3.63, 3.8) is 0 Å². The average molecular weight is 329 g/mol. The lowest BCUT2D eigenvalue weighted by Gasteiger charge is -2.10. The maximum absolute atomic E-state index is 12.6. The molecule has 1 atom stereocenters. The van der Waals surface area contributed by atoms with Gasteiger partial charge in [0, 0.05) is 0 Å². The van der Waals surface area contributed by atoms with Crippen LogP contribution in [0.5, 0.6) is 0 Å². The molecule has 1 unspecified atom stereocenters. The van der Waals surface area contributed by atoms with Crippen molar-refractivity contribution in [2.24, 2.45) is 5.73 Å². The Bertz CT molecular complexity index is 910. The molecule has 0 aliphatic carbocycles. The summed E-state index contributed by atoms with van der Waals surface area (Å²) < 4.78 is 2.71. The van der Waals surface area contributed by atoms with Crippen LogP contribution in [0.15, 0.2) is 41.5 Å². The lowest BCUT2D eigenvalue weighted by molar-refractivity contribution is 0.100. The number of nitrogens with zero attached hydrogens (tertiary/aromatic N) is 4. The Morgan fingerprint density at radius 2 is 2.00 bits per heavy atom. The molecule has 1 aromatic carbocycles. The number of hydrogen-bond donors (Lipinski definition) is 1. The van der Waals surface area contributed by atoms with Crippen LogP contribution >= 0.6 is 11.3 Å². The van der Waals surface area contributed by atoms with E-state index in [1.54, 1.807) is 6.92 Å². The summed E-state index contributed by atoms with van der Waals surface area (Å²) in [6.07, 6.45) is 1.41. The van der Waals surface area contributed by atoms with E-state index in [1.807, 2.05) is 37.3 Å². The summed E-state index contributed by atoms with van der Waals surface area (Å²) in [6, 6.07) is 9.42. The molecule has 0 fully saturated rings. The molecule has 0 saturated heterocycles. The molecule has 0 aliphatic heterocycles. The Kier molecular flexibility index (Phi) is 3.83. The number of aryl methyl sites for hydroxylation is 1. The molecule has 0 aliphatic rings. The van der Waals surface area contributed by atoms with E-state index < -0.39 is 5.91 Å². The fourth-order valence-corrected chi connectivity index (χ4v) is 3.18. The molecule has 0 bridgehead atoms. The van der Waals surface area contributed by atoms with Crippen LogP contribution in [0.1, 0.15) is 33.9 Å². The molecule has 1 amide bonds. The quantitative estimate of drug-likeness (QED) is 0.784. The lowest BCUT2D eigenvalue weighted by Crippen LogP contribution is -2.26. The molecule has 0 radical (unpaired) electrons. The van der Waals surface area contributed by atoms with E-state index in [9.17, 15) is 9.59 Å². The molecule has 0 spiro atoms. The SMILES string of the molecule is Cc1nc(-n2cnn(C(C)c3ccccc3)c2=O)sc1C(N)=O. The van der Waals surface area contributed by atoms with Gasteiger partial charge in [-0.05, 0) is 19.4 Å². The topological polar surface area (TPSA) is 95.8 Å². The first kappa shape index (κ1) is 15.2. The van der Waals surface area contributed by atoms with E-state index in [0.29, 0.717) is 15.7 Å². The van der Waals surface area contributed by atoms with Gasteiger partial charge in [0.15, 0.2) is 5.13 Å². The summed E-state index contributed by atoms with van der Waals surface area (Å²) in [5, 5.41) is 4.55. The van der Waals surface area contributed by atoms with Crippen LogP contribution in [0.2, 0.25) is 0 Å². The first-order valence-corrected chi connectivity index (χ1v) is 7.79. The predicted molar refractivity (Wildman–Crippen MR) is 87.0 cm³/mol. The zero-order chi connectivity index (χ0) is 16.6. The zero-order valence-electron chi connectivity index (χ0n) is 12.6. The minimum Gasteiger partial charge on any atom is -0.365 e. The molecule has 0 saturated carbocycles. The number of hydrogen-bond acceptors (Lipinski definition) is 5. The van der Waals surface area contributed by atoms with Crippen molar-refractivity contribution in [1.29, 1.82) is 0 Å². The van der Waals surface area contributed by atoms with Crippen molar-refractivity contribution in [3.05, 3.63) is 63.3 Å². The van der Waals surface area contributed by atoms with Crippen molar-refractivity contribution in [2.75, 3.05) is 0 Å². The second-order valence-corrected chi connectivity index (χ2v) is 6.07. The first-order valence-electron chi connectivity index (χ1n) is 6.97. The number of primary amides is 1. The number of carbonyl (C=O) groups is 1. The predicted octanol–water partition coefficient (Wildman–Crippen LogP) is 1.51. The van der Waals surface area contributed by atoms with Gasteiger partial charge < -0.3 is 5.73 Å². The van der Waals surface area contributed by atoms with E-state index in [1.165, 1.54) is 15.6 Å². The third-order valence-corrected chi connectivity index (χ3v) is 4.73. The van der Waals surface area contributed by atoms with Gasteiger partial charge in [-0.2, -0.15) is 5.10 Å². The van der Waals surface area contributed by atoms with Gasteiger partial charge in [0.05, 0.1) is 11.7 Å². The van der Waals surface area contributed by atoms with Gasteiger partial charge in [-0.3, -0.25) is 4.79 Å². The molecular weight excluding hydrogens is 314 g/mol. The van der Waals surface area contributed by atoms with Crippen LogP contribution in [-0.2, 0) is 0 Å². The van der Waals surface area contributed by atoms with Crippen LogP contribution < -0.4 is 11.4 Å². The van der Waals surface area contributed by atoms with Crippen LogP contribution in [0.25, 0.3) is 5.13 Å². The number of nitrogens with two attached hydrogens (primary N) is 1. The maximum atomic E-state index is 12.6. The molecule has 7 nitrogen and oxygen atoms in total.